The van der Waals surface area contributed by atoms with Crippen LogP contribution in [0.2, 0.25) is 0 Å². The van der Waals surface area contributed by atoms with Gasteiger partial charge in [0.2, 0.25) is 5.91 Å². The summed E-state index contributed by atoms with van der Waals surface area (Å²) in [5.41, 5.74) is 21.2. The number of hydrogen-bond acceptors (Lipinski definition) is 6. The maximum absolute atomic E-state index is 13.4. The molecule has 0 aliphatic heterocycles. The number of primary amides is 1. The second-order valence-electron chi connectivity index (χ2n) is 10.0. The van der Waals surface area contributed by atoms with Gasteiger partial charge >= 0.3 is 0 Å². The molecule has 42 heavy (non-hydrogen) atoms. The van der Waals surface area contributed by atoms with E-state index < -0.39 is 11.9 Å². The average Bonchev–Trinajstić information content (AvgIpc) is 3.37. The maximum atomic E-state index is 13.4. The Morgan fingerprint density at radius 2 is 1.76 bits per heavy atom. The van der Waals surface area contributed by atoms with Crippen molar-refractivity contribution in [1.29, 1.82) is 0 Å². The van der Waals surface area contributed by atoms with Crippen molar-refractivity contribution < 1.29 is 9.59 Å². The van der Waals surface area contributed by atoms with Crippen LogP contribution in [0.1, 0.15) is 34.9 Å². The van der Waals surface area contributed by atoms with Crippen molar-refractivity contribution in [2.45, 2.75) is 25.3 Å². The number of nitrogens with two attached hydrogens (primary N) is 3. The number of aromatic nitrogens is 4. The van der Waals surface area contributed by atoms with Gasteiger partial charge in [-0.15, -0.1) is 0 Å². The Hall–Kier alpha value is -5.32. The summed E-state index contributed by atoms with van der Waals surface area (Å²) in [5, 5.41) is 0.880. The van der Waals surface area contributed by atoms with Gasteiger partial charge in [0, 0.05) is 61.2 Å². The summed E-state index contributed by atoms with van der Waals surface area (Å²) in [6.07, 6.45) is 5.01. The largest absolute Gasteiger partial charge is 0.370 e. The molecule has 5 rings (SSSR count). The lowest BCUT2D eigenvalue weighted by atomic mass is 10.1. The molecule has 0 fully saturated rings. The number of para-hydroxylation sites is 1. The number of benzene rings is 2. The number of pyridine rings is 2. The molecule has 0 bridgehead atoms. The minimum absolute atomic E-state index is 0.00940. The SMILES string of the molecule is CN(CCc1ccccn1)C(=O)c1ccc2c(c1)nc(-c1ccnc3ccccc13)n2[C@@H](CCCN=C(N)N)C(N)=O. The fourth-order valence-corrected chi connectivity index (χ4v) is 5.07. The van der Waals surface area contributed by atoms with Gasteiger partial charge in [0.15, 0.2) is 5.96 Å². The van der Waals surface area contributed by atoms with Crippen molar-refractivity contribution in [1.82, 2.24) is 24.4 Å². The summed E-state index contributed by atoms with van der Waals surface area (Å²) in [5.74, 6) is -0.0952. The molecule has 2 aromatic carbocycles. The van der Waals surface area contributed by atoms with Crippen LogP contribution >= 0.6 is 0 Å². The van der Waals surface area contributed by atoms with E-state index in [0.717, 1.165) is 22.2 Å². The van der Waals surface area contributed by atoms with Crippen LogP contribution in [0.3, 0.4) is 0 Å². The molecule has 214 valence electrons. The normalized spacial score (nSPS) is 11.8. The van der Waals surface area contributed by atoms with Crippen molar-refractivity contribution in [3.8, 4) is 11.4 Å². The van der Waals surface area contributed by atoms with Crippen molar-refractivity contribution in [2.24, 2.45) is 22.2 Å². The zero-order valence-corrected chi connectivity index (χ0v) is 23.4. The minimum atomic E-state index is -0.728. The lowest BCUT2D eigenvalue weighted by molar-refractivity contribution is -0.121. The van der Waals surface area contributed by atoms with Crippen LogP contribution < -0.4 is 17.2 Å². The Morgan fingerprint density at radius 3 is 2.52 bits per heavy atom. The lowest BCUT2D eigenvalue weighted by Gasteiger charge is -2.20. The molecule has 3 heterocycles. The predicted molar refractivity (Wildman–Crippen MR) is 164 cm³/mol. The number of hydrogen-bond donors (Lipinski definition) is 3. The van der Waals surface area contributed by atoms with Crippen LogP contribution in [0.5, 0.6) is 0 Å². The molecule has 2 amide bonds. The van der Waals surface area contributed by atoms with Crippen molar-refractivity contribution >= 4 is 39.7 Å². The molecule has 0 aliphatic carbocycles. The summed E-state index contributed by atoms with van der Waals surface area (Å²) < 4.78 is 1.86. The lowest BCUT2D eigenvalue weighted by Crippen LogP contribution is -2.29. The first-order valence-electron chi connectivity index (χ1n) is 13.7. The number of fused-ring (bicyclic) bond motifs is 2. The van der Waals surface area contributed by atoms with E-state index in [9.17, 15) is 9.59 Å². The predicted octanol–water partition coefficient (Wildman–Crippen LogP) is 3.04. The molecule has 11 heteroatoms. The first kappa shape index (κ1) is 28.2. The Labute approximate surface area is 243 Å². The van der Waals surface area contributed by atoms with Crippen LogP contribution in [0, 0.1) is 0 Å². The second kappa shape index (κ2) is 12.5. The number of guanidine groups is 1. The highest BCUT2D eigenvalue weighted by Crippen LogP contribution is 2.34. The van der Waals surface area contributed by atoms with Gasteiger partial charge in [-0.25, -0.2) is 4.98 Å². The quantitative estimate of drug-likeness (QED) is 0.126. The number of amides is 2. The Bertz CT molecular complexity index is 1760. The highest BCUT2D eigenvalue weighted by molar-refractivity contribution is 6.00. The highest BCUT2D eigenvalue weighted by Gasteiger charge is 2.26. The smallest absolute Gasteiger partial charge is 0.253 e. The van der Waals surface area contributed by atoms with Crippen molar-refractivity contribution in [3.63, 3.8) is 0 Å². The highest BCUT2D eigenvalue weighted by atomic mass is 16.2. The summed E-state index contributed by atoms with van der Waals surface area (Å²) in [6, 6.07) is 19.9. The van der Waals surface area contributed by atoms with E-state index in [1.165, 1.54) is 0 Å². The van der Waals surface area contributed by atoms with E-state index in [-0.39, 0.29) is 11.9 Å². The van der Waals surface area contributed by atoms with Gasteiger partial charge in [0.25, 0.3) is 5.91 Å². The van der Waals surface area contributed by atoms with Gasteiger partial charge in [-0.3, -0.25) is 24.5 Å². The first-order valence-corrected chi connectivity index (χ1v) is 13.7. The van der Waals surface area contributed by atoms with Crippen LogP contribution in [0.4, 0.5) is 0 Å². The maximum Gasteiger partial charge on any atom is 0.253 e. The molecule has 0 saturated carbocycles. The number of carbonyl (C=O) groups is 2. The topological polar surface area (TPSA) is 171 Å². The molecule has 0 radical (unpaired) electrons. The zero-order valence-electron chi connectivity index (χ0n) is 23.4. The number of aliphatic imine (C=N–C) groups is 1. The fraction of sp³-hybridized carbons (Fsp3) is 0.226. The van der Waals surface area contributed by atoms with E-state index in [4.69, 9.17) is 22.2 Å². The molecular weight excluding hydrogens is 530 g/mol. The summed E-state index contributed by atoms with van der Waals surface area (Å²) in [7, 11) is 1.77. The second-order valence-corrected chi connectivity index (χ2v) is 10.0. The van der Waals surface area contributed by atoms with E-state index in [1.807, 2.05) is 59.2 Å². The molecule has 3 aromatic heterocycles. The van der Waals surface area contributed by atoms with Gasteiger partial charge in [-0.2, -0.15) is 0 Å². The summed E-state index contributed by atoms with van der Waals surface area (Å²) in [4.78, 5) is 45.8. The third kappa shape index (κ3) is 6.04. The zero-order chi connectivity index (χ0) is 29.6. The van der Waals surface area contributed by atoms with Crippen molar-refractivity contribution in [2.75, 3.05) is 20.1 Å². The Kier molecular flexibility index (Phi) is 8.37. The van der Waals surface area contributed by atoms with Gasteiger partial charge in [0.1, 0.15) is 11.9 Å². The van der Waals surface area contributed by atoms with E-state index in [0.29, 0.717) is 54.8 Å². The number of nitrogens with zero attached hydrogens (tertiary/aromatic N) is 6. The number of rotatable bonds is 11. The molecular formula is C31H33N9O2. The standard InChI is InChI=1S/C31H33N9O2/c1-39(18-14-21-7-4-5-15-35-21)30(42)20-11-12-26-25(19-20)38-29(23-13-17-36-24-9-3-2-8-22(23)24)40(26)27(28(32)41)10-6-16-37-31(33)34/h2-5,7-9,11-13,15,17,19,27H,6,10,14,16,18H2,1H3,(H2,32,41)(H4,33,34,37)/t27-/m0/s1. The summed E-state index contributed by atoms with van der Waals surface area (Å²) in [6.45, 7) is 0.867. The molecule has 1 atom stereocenters. The third-order valence-electron chi connectivity index (χ3n) is 7.17. The molecule has 0 aliphatic rings. The van der Waals surface area contributed by atoms with Crippen LogP contribution in [-0.2, 0) is 11.2 Å². The number of carbonyl (C=O) groups excluding carboxylic acids is 2. The van der Waals surface area contributed by atoms with Gasteiger partial charge < -0.3 is 26.7 Å². The van der Waals surface area contributed by atoms with Crippen LogP contribution in [-0.4, -0.2) is 62.3 Å². The molecule has 0 spiro atoms. The summed E-state index contributed by atoms with van der Waals surface area (Å²) >= 11 is 0. The molecule has 11 nitrogen and oxygen atoms in total. The van der Waals surface area contributed by atoms with Gasteiger partial charge in [0.05, 0.1) is 16.6 Å². The molecule has 0 unspecified atom stereocenters. The van der Waals surface area contributed by atoms with Crippen LogP contribution in [0.15, 0.2) is 84.1 Å². The number of imidazole rings is 1. The van der Waals surface area contributed by atoms with E-state index in [1.54, 1.807) is 36.5 Å². The first-order chi connectivity index (χ1) is 20.3. The Morgan fingerprint density at radius 1 is 0.952 bits per heavy atom. The number of likely N-dealkylation sites (N-methyl/N-ethyl adjacent to an activating group) is 1. The fourth-order valence-electron chi connectivity index (χ4n) is 5.07. The minimum Gasteiger partial charge on any atom is -0.370 e. The van der Waals surface area contributed by atoms with Gasteiger partial charge in [-0.1, -0.05) is 24.3 Å². The van der Waals surface area contributed by atoms with Crippen LogP contribution in [0.25, 0.3) is 33.3 Å². The van der Waals surface area contributed by atoms with E-state index >= 15 is 0 Å². The van der Waals surface area contributed by atoms with Crippen molar-refractivity contribution in [3.05, 3.63) is 90.4 Å². The monoisotopic (exact) mass is 563 g/mol. The van der Waals surface area contributed by atoms with Gasteiger partial charge in [-0.05, 0) is 55.3 Å². The molecule has 6 N–H and O–H groups in total. The molecule has 5 aromatic rings. The Balaban J connectivity index is 1.55. The molecule has 0 saturated heterocycles. The van der Waals surface area contributed by atoms with E-state index in [2.05, 4.69) is 15.0 Å². The third-order valence-corrected chi connectivity index (χ3v) is 7.17. The average molecular weight is 564 g/mol.